The van der Waals surface area contributed by atoms with Crippen molar-refractivity contribution in [2.24, 2.45) is 10.7 Å². The molecular formula is C10H16N6O2S2. The number of rotatable bonds is 4. The van der Waals surface area contributed by atoms with Crippen molar-refractivity contribution in [1.29, 1.82) is 0 Å². The minimum Gasteiger partial charge on any atom is -0.370 e. The van der Waals surface area contributed by atoms with Crippen LogP contribution in [-0.2, 0) is 9.59 Å². The van der Waals surface area contributed by atoms with Gasteiger partial charge in [0.25, 0.3) is 5.91 Å². The van der Waals surface area contributed by atoms with Gasteiger partial charge >= 0.3 is 0 Å². The van der Waals surface area contributed by atoms with Gasteiger partial charge in [0.15, 0.2) is 15.4 Å². The molecule has 0 aliphatic heterocycles. The molecule has 0 saturated carbocycles. The molecule has 10 heteroatoms. The predicted octanol–water partition coefficient (Wildman–Crippen LogP) is 0.380. The summed E-state index contributed by atoms with van der Waals surface area (Å²) in [6, 6.07) is -0.662. The van der Waals surface area contributed by atoms with E-state index in [1.165, 1.54) is 6.92 Å². The summed E-state index contributed by atoms with van der Waals surface area (Å²) in [5.41, 5.74) is 5.63. The van der Waals surface area contributed by atoms with Crippen molar-refractivity contribution in [2.45, 2.75) is 24.2 Å². The highest BCUT2D eigenvalue weighted by Crippen LogP contribution is 2.22. The van der Waals surface area contributed by atoms with Crippen LogP contribution in [0.5, 0.6) is 0 Å². The molecule has 0 fully saturated rings. The topological polar surface area (TPSA) is 114 Å². The number of amides is 1. The van der Waals surface area contributed by atoms with Crippen molar-refractivity contribution >= 4 is 46.2 Å². The van der Waals surface area contributed by atoms with E-state index < -0.39 is 6.04 Å². The molecule has 1 aromatic heterocycles. The van der Waals surface area contributed by atoms with Crippen LogP contribution >= 0.6 is 23.3 Å². The van der Waals surface area contributed by atoms with Gasteiger partial charge in [-0.3, -0.25) is 14.9 Å². The van der Waals surface area contributed by atoms with Crippen molar-refractivity contribution in [2.75, 3.05) is 19.4 Å². The number of hydrogen-bond acceptors (Lipinski definition) is 7. The number of carbonyl (C=O) groups excluding carboxylic acids is 2. The fraction of sp³-hybridized carbons (Fsp3) is 0.500. The second kappa shape index (κ2) is 7.20. The average Bonchev–Trinajstić information content (AvgIpc) is 2.75. The van der Waals surface area contributed by atoms with E-state index in [4.69, 9.17) is 5.73 Å². The molecule has 0 radical (unpaired) electrons. The minimum atomic E-state index is -0.662. The summed E-state index contributed by atoms with van der Waals surface area (Å²) in [5.74, 6) is 0.0490. The number of hydrogen-bond donors (Lipinski definition) is 2. The summed E-state index contributed by atoms with van der Waals surface area (Å²) in [5, 5.41) is 2.44. The second-order valence-electron chi connectivity index (χ2n) is 4.02. The largest absolute Gasteiger partial charge is 0.370 e. The maximum Gasteiger partial charge on any atom is 0.251 e. The van der Waals surface area contributed by atoms with Crippen molar-refractivity contribution < 1.29 is 9.59 Å². The number of aliphatic imine (C=N–C) groups is 1. The molecule has 3 N–H and O–H groups in total. The number of nitrogens with zero attached hydrogens (tertiary/aromatic N) is 4. The van der Waals surface area contributed by atoms with Gasteiger partial charge in [-0.15, -0.1) is 0 Å². The highest BCUT2D eigenvalue weighted by molar-refractivity contribution is 8.14. The Kier molecular flexibility index (Phi) is 5.89. The van der Waals surface area contributed by atoms with E-state index in [2.05, 4.69) is 19.7 Å². The van der Waals surface area contributed by atoms with Gasteiger partial charge in [-0.1, -0.05) is 0 Å². The van der Waals surface area contributed by atoms with Gasteiger partial charge in [-0.25, -0.2) is 4.99 Å². The summed E-state index contributed by atoms with van der Waals surface area (Å²) in [6.45, 7) is 3.05. The number of anilines is 1. The number of nitrogens with two attached hydrogens (primary N) is 1. The summed E-state index contributed by atoms with van der Waals surface area (Å²) in [7, 11) is 3.47. The summed E-state index contributed by atoms with van der Waals surface area (Å²) in [4.78, 5) is 32.4. The smallest absolute Gasteiger partial charge is 0.251 e. The third kappa shape index (κ3) is 5.13. The van der Waals surface area contributed by atoms with Crippen LogP contribution in [0.25, 0.3) is 0 Å². The molecule has 8 nitrogen and oxygen atoms in total. The first-order valence-electron chi connectivity index (χ1n) is 5.63. The van der Waals surface area contributed by atoms with Crippen LogP contribution in [0, 0.1) is 0 Å². The van der Waals surface area contributed by atoms with Crippen LogP contribution in [0.2, 0.25) is 0 Å². The van der Waals surface area contributed by atoms with E-state index in [0.29, 0.717) is 4.34 Å². The molecule has 0 spiro atoms. The van der Waals surface area contributed by atoms with Crippen LogP contribution in [0.15, 0.2) is 9.33 Å². The zero-order chi connectivity index (χ0) is 15.3. The molecule has 1 amide bonds. The molecule has 1 rings (SSSR count). The zero-order valence-electron chi connectivity index (χ0n) is 11.6. The lowest BCUT2D eigenvalue weighted by molar-refractivity contribution is -0.117. The summed E-state index contributed by atoms with van der Waals surface area (Å²) >= 11 is 2.02. The van der Waals surface area contributed by atoms with E-state index in [0.717, 1.165) is 23.3 Å². The lowest BCUT2D eigenvalue weighted by Gasteiger charge is -2.13. The molecule has 1 heterocycles. The van der Waals surface area contributed by atoms with Crippen molar-refractivity contribution in [3.63, 3.8) is 0 Å². The Morgan fingerprint density at radius 2 is 2.15 bits per heavy atom. The van der Waals surface area contributed by atoms with Gasteiger partial charge in [0.2, 0.25) is 5.95 Å². The van der Waals surface area contributed by atoms with Crippen LogP contribution in [0.3, 0.4) is 0 Å². The zero-order valence-corrected chi connectivity index (χ0v) is 13.2. The van der Waals surface area contributed by atoms with Gasteiger partial charge in [0, 0.05) is 21.0 Å². The van der Waals surface area contributed by atoms with Crippen LogP contribution < -0.4 is 11.1 Å². The lowest BCUT2D eigenvalue weighted by Crippen LogP contribution is -2.34. The molecule has 0 aliphatic carbocycles. The van der Waals surface area contributed by atoms with Crippen LogP contribution in [0.1, 0.15) is 13.8 Å². The monoisotopic (exact) mass is 316 g/mol. The second-order valence-corrected chi connectivity index (χ2v) is 6.20. The molecule has 0 bridgehead atoms. The maximum absolute atomic E-state index is 11.9. The quantitative estimate of drug-likeness (QED) is 0.469. The van der Waals surface area contributed by atoms with Gasteiger partial charge in [-0.05, 0) is 30.2 Å². The standard InChI is InChI=1S/C10H16N6O2S2/c1-5(12-8(11)16(3)4)7(18)13-9-14-10(20-15-9)19-6(2)17/h5H,1-4H3,(H2,11,12)(H,13,15,18). The SMILES string of the molecule is CC(=O)Sc1nc(NC(=O)C(C)N=C(N)N(C)C)ns1. The van der Waals surface area contributed by atoms with E-state index >= 15 is 0 Å². The number of thioether (sulfide) groups is 1. The molecule has 1 atom stereocenters. The van der Waals surface area contributed by atoms with Crippen molar-refractivity contribution in [3.05, 3.63) is 0 Å². The number of carbonyl (C=O) groups is 2. The summed E-state index contributed by atoms with van der Waals surface area (Å²) in [6.07, 6.45) is 0. The first-order chi connectivity index (χ1) is 9.29. The van der Waals surface area contributed by atoms with Crippen molar-refractivity contribution in [3.8, 4) is 0 Å². The predicted molar refractivity (Wildman–Crippen MR) is 79.8 cm³/mol. The highest BCUT2D eigenvalue weighted by Gasteiger charge is 2.16. The molecule has 0 aromatic carbocycles. The average molecular weight is 316 g/mol. The third-order valence-corrected chi connectivity index (χ3v) is 3.58. The number of nitrogens with one attached hydrogen (secondary N) is 1. The number of guanidine groups is 1. The fourth-order valence-corrected chi connectivity index (χ4v) is 2.38. The Morgan fingerprint density at radius 3 is 2.70 bits per heavy atom. The Morgan fingerprint density at radius 1 is 1.50 bits per heavy atom. The Hall–Kier alpha value is -1.68. The molecule has 110 valence electrons. The molecule has 20 heavy (non-hydrogen) atoms. The molecule has 1 unspecified atom stereocenters. The van der Waals surface area contributed by atoms with Crippen LogP contribution in [-0.4, -0.2) is 51.4 Å². The Labute approximate surface area is 125 Å². The fourth-order valence-electron chi connectivity index (χ4n) is 1.01. The molecule has 1 aromatic rings. The van der Waals surface area contributed by atoms with Gasteiger partial charge in [0.1, 0.15) is 6.04 Å². The van der Waals surface area contributed by atoms with E-state index in [-0.39, 0.29) is 22.9 Å². The highest BCUT2D eigenvalue weighted by atomic mass is 32.2. The number of aromatic nitrogens is 2. The first-order valence-corrected chi connectivity index (χ1v) is 7.22. The van der Waals surface area contributed by atoms with Crippen LogP contribution in [0.4, 0.5) is 5.95 Å². The van der Waals surface area contributed by atoms with E-state index in [9.17, 15) is 9.59 Å². The molecule has 0 saturated heterocycles. The first kappa shape index (κ1) is 16.4. The van der Waals surface area contributed by atoms with Gasteiger partial charge < -0.3 is 10.6 Å². The van der Waals surface area contributed by atoms with E-state index in [1.807, 2.05) is 0 Å². The normalized spacial score (nSPS) is 12.9. The minimum absolute atomic E-state index is 0.0873. The molecule has 0 aliphatic rings. The summed E-state index contributed by atoms with van der Waals surface area (Å²) < 4.78 is 4.42. The Bertz CT molecular complexity index is 528. The molecular weight excluding hydrogens is 300 g/mol. The lowest BCUT2D eigenvalue weighted by atomic mass is 10.3. The van der Waals surface area contributed by atoms with Crippen molar-refractivity contribution in [1.82, 2.24) is 14.3 Å². The van der Waals surface area contributed by atoms with Gasteiger partial charge in [-0.2, -0.15) is 9.36 Å². The van der Waals surface area contributed by atoms with Gasteiger partial charge in [0.05, 0.1) is 0 Å². The van der Waals surface area contributed by atoms with E-state index in [1.54, 1.807) is 25.9 Å². The Balaban J connectivity index is 2.64. The maximum atomic E-state index is 11.9. The third-order valence-electron chi connectivity index (χ3n) is 2.04.